The number of carbonyl (C=O) groups is 2. The van der Waals surface area contributed by atoms with Crippen LogP contribution in [-0.2, 0) is 27.7 Å². The fourth-order valence-corrected chi connectivity index (χ4v) is 4.11. The number of halogens is 2. The van der Waals surface area contributed by atoms with E-state index in [1.807, 2.05) is 0 Å². The van der Waals surface area contributed by atoms with Gasteiger partial charge < -0.3 is 10.4 Å². The summed E-state index contributed by atoms with van der Waals surface area (Å²) in [5.74, 6) is -4.79. The van der Waals surface area contributed by atoms with Crippen LogP contribution in [0.3, 0.4) is 0 Å². The second-order valence-corrected chi connectivity index (χ2v) is 7.96. The van der Waals surface area contributed by atoms with Gasteiger partial charge in [-0.3, -0.25) is 4.79 Å². The highest BCUT2D eigenvalue weighted by Crippen LogP contribution is 2.29. The van der Waals surface area contributed by atoms with Crippen molar-refractivity contribution in [2.45, 2.75) is 30.2 Å². The number of hydrogen-bond acceptors (Lipinski definition) is 4. The van der Waals surface area contributed by atoms with E-state index in [9.17, 15) is 31.9 Å². The Morgan fingerprint density at radius 2 is 1.82 bits per heavy atom. The highest BCUT2D eigenvalue weighted by Gasteiger charge is 2.27. The molecule has 2 aromatic rings. The zero-order valence-corrected chi connectivity index (χ0v) is 15.2. The van der Waals surface area contributed by atoms with E-state index in [0.717, 1.165) is 18.2 Å². The second-order valence-electron chi connectivity index (χ2n) is 6.43. The predicted molar refractivity (Wildman–Crippen MR) is 94.0 cm³/mol. The van der Waals surface area contributed by atoms with E-state index in [0.29, 0.717) is 36.5 Å². The van der Waals surface area contributed by atoms with Crippen molar-refractivity contribution >= 4 is 21.9 Å². The normalized spacial score (nSPS) is 14.4. The van der Waals surface area contributed by atoms with E-state index in [1.54, 1.807) is 0 Å². The number of rotatable bonds is 5. The molecule has 0 aromatic heterocycles. The molecule has 0 fully saturated rings. The summed E-state index contributed by atoms with van der Waals surface area (Å²) in [6.07, 6.45) is 1.77. The van der Waals surface area contributed by atoms with Crippen LogP contribution in [0.25, 0.3) is 0 Å². The molecule has 28 heavy (non-hydrogen) atoms. The number of nitrogens with one attached hydrogen (secondary N) is 1. The molecular weight excluding hydrogens is 394 g/mol. The quantitative estimate of drug-likeness (QED) is 0.691. The van der Waals surface area contributed by atoms with E-state index < -0.39 is 39.6 Å². The summed E-state index contributed by atoms with van der Waals surface area (Å²) in [5.41, 5.74) is 0.942. The van der Waals surface area contributed by atoms with Crippen LogP contribution in [0.5, 0.6) is 0 Å². The summed E-state index contributed by atoms with van der Waals surface area (Å²) in [6, 6.07) is 3.38. The number of nitrogens with two attached hydrogens (primary N) is 1. The van der Waals surface area contributed by atoms with Gasteiger partial charge in [0, 0.05) is 5.56 Å². The van der Waals surface area contributed by atoms with Crippen molar-refractivity contribution < 1.29 is 31.9 Å². The van der Waals surface area contributed by atoms with E-state index in [4.69, 9.17) is 5.14 Å². The van der Waals surface area contributed by atoms with Gasteiger partial charge in [0.2, 0.25) is 10.0 Å². The third kappa shape index (κ3) is 3.87. The van der Waals surface area contributed by atoms with Gasteiger partial charge in [0.1, 0.15) is 0 Å². The maximum Gasteiger partial charge on any atom is 0.330 e. The smallest absolute Gasteiger partial charge is 0.330 e. The second kappa shape index (κ2) is 7.28. The van der Waals surface area contributed by atoms with E-state index in [1.165, 1.54) is 6.07 Å². The van der Waals surface area contributed by atoms with Gasteiger partial charge in [-0.05, 0) is 60.2 Å². The first-order chi connectivity index (χ1) is 13.1. The summed E-state index contributed by atoms with van der Waals surface area (Å²) in [7, 11) is -4.08. The molecule has 0 heterocycles. The minimum Gasteiger partial charge on any atom is -0.479 e. The molecule has 1 aliphatic rings. The summed E-state index contributed by atoms with van der Waals surface area (Å²) in [4.78, 5) is 23.9. The zero-order valence-electron chi connectivity index (χ0n) is 14.4. The Bertz CT molecular complexity index is 1090. The molecule has 0 saturated heterocycles. The first kappa shape index (κ1) is 19.9. The fourth-order valence-electron chi connectivity index (χ4n) is 3.24. The molecule has 10 heteroatoms. The number of carboxylic acids is 1. The van der Waals surface area contributed by atoms with Gasteiger partial charge >= 0.3 is 5.97 Å². The SMILES string of the molecule is NS(=O)(=O)c1cc(C(=O)NC(C(=O)O)c2ccc(F)c(F)c2)cc2c1CCC2. The Balaban J connectivity index is 1.97. The summed E-state index contributed by atoms with van der Waals surface area (Å²) >= 11 is 0. The average Bonchev–Trinajstić information content (AvgIpc) is 3.08. The molecule has 0 saturated carbocycles. The van der Waals surface area contributed by atoms with Crippen molar-refractivity contribution in [2.24, 2.45) is 5.14 Å². The first-order valence-electron chi connectivity index (χ1n) is 8.25. The average molecular weight is 410 g/mol. The van der Waals surface area contributed by atoms with Gasteiger partial charge in [-0.2, -0.15) is 0 Å². The van der Waals surface area contributed by atoms with Crippen molar-refractivity contribution in [1.29, 1.82) is 0 Å². The van der Waals surface area contributed by atoms with Crippen LogP contribution in [0, 0.1) is 11.6 Å². The first-order valence-corrected chi connectivity index (χ1v) is 9.80. The van der Waals surface area contributed by atoms with Gasteiger partial charge in [-0.25, -0.2) is 27.1 Å². The minimum atomic E-state index is -4.08. The standard InChI is InChI=1S/C18H16F2N2O5S/c19-13-5-4-10(7-14(13)20)16(18(24)25)22-17(23)11-6-9-2-1-3-12(9)15(8-11)28(21,26)27/h4-8,16H,1-3H2,(H,22,23)(H,24,25)(H2,21,26,27). The topological polar surface area (TPSA) is 127 Å². The lowest BCUT2D eigenvalue weighted by Crippen LogP contribution is -2.34. The number of carboxylic acid groups (broad SMARTS) is 1. The van der Waals surface area contributed by atoms with Crippen molar-refractivity contribution in [2.75, 3.05) is 0 Å². The lowest BCUT2D eigenvalue weighted by molar-refractivity contribution is -0.139. The van der Waals surface area contributed by atoms with Crippen molar-refractivity contribution in [3.05, 3.63) is 64.2 Å². The van der Waals surface area contributed by atoms with Gasteiger partial charge in [-0.15, -0.1) is 0 Å². The zero-order chi connectivity index (χ0) is 20.6. The number of sulfonamides is 1. The Morgan fingerprint density at radius 1 is 1.11 bits per heavy atom. The molecule has 1 amide bonds. The third-order valence-electron chi connectivity index (χ3n) is 4.54. The van der Waals surface area contributed by atoms with Crippen molar-refractivity contribution in [3.63, 3.8) is 0 Å². The molecular formula is C18H16F2N2O5S. The molecule has 2 aromatic carbocycles. The van der Waals surface area contributed by atoms with Gasteiger partial charge in [0.05, 0.1) is 4.90 Å². The number of hydrogen-bond donors (Lipinski definition) is 3. The summed E-state index contributed by atoms with van der Waals surface area (Å²) in [6.45, 7) is 0. The molecule has 1 unspecified atom stereocenters. The Kier molecular flexibility index (Phi) is 5.18. The Hall–Kier alpha value is -2.85. The highest BCUT2D eigenvalue weighted by molar-refractivity contribution is 7.89. The number of benzene rings is 2. The largest absolute Gasteiger partial charge is 0.479 e. The third-order valence-corrected chi connectivity index (χ3v) is 5.52. The van der Waals surface area contributed by atoms with Crippen LogP contribution < -0.4 is 10.5 Å². The molecule has 3 rings (SSSR count). The molecule has 4 N–H and O–H groups in total. The predicted octanol–water partition coefficient (Wildman–Crippen LogP) is 1.66. The number of amides is 1. The summed E-state index contributed by atoms with van der Waals surface area (Å²) < 4.78 is 50.3. The molecule has 7 nitrogen and oxygen atoms in total. The lowest BCUT2D eigenvalue weighted by atomic mass is 10.0. The Labute approximate surface area is 159 Å². The molecule has 0 radical (unpaired) electrons. The lowest BCUT2D eigenvalue weighted by Gasteiger charge is -2.16. The van der Waals surface area contributed by atoms with E-state index >= 15 is 0 Å². The number of fused-ring (bicyclic) bond motifs is 1. The molecule has 0 aliphatic heterocycles. The van der Waals surface area contributed by atoms with Crippen LogP contribution in [0.4, 0.5) is 8.78 Å². The van der Waals surface area contributed by atoms with Gasteiger partial charge in [0.15, 0.2) is 17.7 Å². The molecule has 0 spiro atoms. The monoisotopic (exact) mass is 410 g/mol. The maximum absolute atomic E-state index is 13.4. The molecule has 1 aliphatic carbocycles. The van der Waals surface area contributed by atoms with E-state index in [-0.39, 0.29) is 16.0 Å². The van der Waals surface area contributed by atoms with Gasteiger partial charge in [0.25, 0.3) is 5.91 Å². The summed E-state index contributed by atoms with van der Waals surface area (Å²) in [5, 5.41) is 16.8. The molecule has 148 valence electrons. The Morgan fingerprint density at radius 3 is 2.43 bits per heavy atom. The minimum absolute atomic E-state index is 0.0847. The molecule has 1 atom stereocenters. The van der Waals surface area contributed by atoms with Crippen LogP contribution in [0.2, 0.25) is 0 Å². The van der Waals surface area contributed by atoms with Gasteiger partial charge in [-0.1, -0.05) is 6.07 Å². The van der Waals surface area contributed by atoms with Crippen LogP contribution >= 0.6 is 0 Å². The number of carbonyl (C=O) groups excluding carboxylic acids is 1. The van der Waals surface area contributed by atoms with E-state index in [2.05, 4.69) is 5.32 Å². The van der Waals surface area contributed by atoms with Crippen LogP contribution in [0.15, 0.2) is 35.2 Å². The number of primary sulfonamides is 1. The number of aryl methyl sites for hydroxylation is 1. The van der Waals surface area contributed by atoms with Crippen LogP contribution in [0.1, 0.15) is 39.5 Å². The van der Waals surface area contributed by atoms with Crippen molar-refractivity contribution in [1.82, 2.24) is 5.32 Å². The number of aliphatic carboxylic acids is 1. The van der Waals surface area contributed by atoms with Crippen LogP contribution in [-0.4, -0.2) is 25.4 Å². The highest BCUT2D eigenvalue weighted by atomic mass is 32.2. The molecule has 0 bridgehead atoms. The van der Waals surface area contributed by atoms with Crippen molar-refractivity contribution in [3.8, 4) is 0 Å². The maximum atomic E-state index is 13.4. The fraction of sp³-hybridized carbons (Fsp3) is 0.222.